The van der Waals surface area contributed by atoms with Crippen LogP contribution in [0.4, 0.5) is 0 Å². The molecule has 0 unspecified atom stereocenters. The largest absolute Gasteiger partial charge is 0.376 e. The van der Waals surface area contributed by atoms with Crippen LogP contribution in [-0.2, 0) is 17.0 Å². The number of ether oxygens (including phenoxy) is 1. The first-order chi connectivity index (χ1) is 17.2. The summed E-state index contributed by atoms with van der Waals surface area (Å²) in [6, 6.07) is 15.2. The molecule has 4 aromatic heterocycles. The van der Waals surface area contributed by atoms with Crippen LogP contribution in [0.25, 0.3) is 27.8 Å². The summed E-state index contributed by atoms with van der Waals surface area (Å²) in [5.74, 6) is 1.04. The number of thioether (sulfide) groups is 1. The highest BCUT2D eigenvalue weighted by Crippen LogP contribution is 2.20. The lowest BCUT2D eigenvalue weighted by Gasteiger charge is -2.12. The van der Waals surface area contributed by atoms with E-state index >= 15 is 0 Å². The minimum atomic E-state index is -0.318. The van der Waals surface area contributed by atoms with Crippen molar-refractivity contribution >= 4 is 33.6 Å². The first-order valence-corrected chi connectivity index (χ1v) is 12.4. The topological polar surface area (TPSA) is 108 Å². The maximum Gasteiger partial charge on any atom is 0.266 e. The van der Waals surface area contributed by atoms with Gasteiger partial charge in [0.15, 0.2) is 0 Å². The Balaban J connectivity index is 1.34. The molecule has 0 spiro atoms. The summed E-state index contributed by atoms with van der Waals surface area (Å²) >= 11 is 1.48. The molecule has 6 rings (SSSR count). The molecule has 0 aliphatic carbocycles. The fourth-order valence-corrected chi connectivity index (χ4v) is 5.07. The second-order valence-corrected chi connectivity index (χ2v) is 9.41. The van der Waals surface area contributed by atoms with Gasteiger partial charge in [-0.3, -0.25) is 14.2 Å². The van der Waals surface area contributed by atoms with E-state index in [1.54, 1.807) is 29.1 Å². The number of nitrogens with zero attached hydrogens (tertiary/aromatic N) is 5. The highest BCUT2D eigenvalue weighted by atomic mass is 32.2. The van der Waals surface area contributed by atoms with Crippen molar-refractivity contribution in [3.63, 3.8) is 0 Å². The van der Waals surface area contributed by atoms with Gasteiger partial charge in [0.1, 0.15) is 0 Å². The van der Waals surface area contributed by atoms with Crippen molar-refractivity contribution in [3.05, 3.63) is 87.2 Å². The molecule has 9 nitrogen and oxygen atoms in total. The summed E-state index contributed by atoms with van der Waals surface area (Å²) in [4.78, 5) is 35.5. The molecule has 0 amide bonds. The van der Waals surface area contributed by atoms with Crippen LogP contribution >= 0.6 is 11.8 Å². The number of nitrogens with one attached hydrogen (secondary N) is 1. The molecule has 1 aromatic carbocycles. The van der Waals surface area contributed by atoms with Crippen LogP contribution in [0.15, 0.2) is 75.7 Å². The zero-order valence-corrected chi connectivity index (χ0v) is 19.6. The van der Waals surface area contributed by atoms with E-state index in [4.69, 9.17) is 4.74 Å². The van der Waals surface area contributed by atoms with Crippen LogP contribution in [0, 0.1) is 0 Å². The Morgan fingerprint density at radius 1 is 1.00 bits per heavy atom. The molecule has 35 heavy (non-hydrogen) atoms. The van der Waals surface area contributed by atoms with Gasteiger partial charge in [0.2, 0.25) is 11.1 Å². The summed E-state index contributed by atoms with van der Waals surface area (Å²) in [5.41, 5.74) is 1.74. The van der Waals surface area contributed by atoms with E-state index in [9.17, 15) is 9.59 Å². The number of benzene rings is 1. The summed E-state index contributed by atoms with van der Waals surface area (Å²) in [6.07, 6.45) is 5.35. The smallest absolute Gasteiger partial charge is 0.266 e. The van der Waals surface area contributed by atoms with Crippen molar-refractivity contribution in [3.8, 4) is 5.95 Å². The van der Waals surface area contributed by atoms with E-state index in [-0.39, 0.29) is 17.2 Å². The maximum absolute atomic E-state index is 13.3. The molecule has 0 radical (unpaired) electrons. The van der Waals surface area contributed by atoms with Crippen molar-refractivity contribution in [1.82, 2.24) is 29.3 Å². The van der Waals surface area contributed by atoms with Gasteiger partial charge < -0.3 is 9.30 Å². The van der Waals surface area contributed by atoms with Crippen molar-refractivity contribution in [2.24, 2.45) is 0 Å². The van der Waals surface area contributed by atoms with Gasteiger partial charge in [0.05, 0.1) is 34.5 Å². The van der Waals surface area contributed by atoms with Gasteiger partial charge in [-0.05, 0) is 36.6 Å². The van der Waals surface area contributed by atoms with E-state index in [0.29, 0.717) is 39.5 Å². The standard InChI is InChI=1S/C25H22N6O3S/c32-22-18-13-19-21(26-20(18)8-10-30(22)14-17-7-4-12-34-17)9-11-31(23(19)33)24-27-25(29-28-24)35-15-16-5-2-1-3-6-16/h1-3,5-6,8-11,13,17H,4,7,12,14-15H2,(H,27,28,29)/t17-/m0/s1. The number of rotatable bonds is 6. The van der Waals surface area contributed by atoms with Crippen molar-refractivity contribution in [2.75, 3.05) is 6.61 Å². The highest BCUT2D eigenvalue weighted by Gasteiger charge is 2.18. The number of aromatic nitrogens is 6. The van der Waals surface area contributed by atoms with Gasteiger partial charge in [0.25, 0.3) is 11.1 Å². The van der Waals surface area contributed by atoms with Gasteiger partial charge in [-0.15, -0.1) is 5.10 Å². The number of fused-ring (bicyclic) bond motifs is 2. The van der Waals surface area contributed by atoms with E-state index < -0.39 is 0 Å². The van der Waals surface area contributed by atoms with E-state index in [2.05, 4.69) is 20.2 Å². The lowest BCUT2D eigenvalue weighted by Crippen LogP contribution is -2.26. The Morgan fingerprint density at radius 2 is 1.80 bits per heavy atom. The lowest BCUT2D eigenvalue weighted by atomic mass is 10.2. The molecule has 10 heteroatoms. The number of aromatic amines is 1. The molecule has 1 fully saturated rings. The predicted octanol–water partition coefficient (Wildman–Crippen LogP) is 3.29. The average molecular weight is 487 g/mol. The molecule has 0 saturated carbocycles. The molecule has 1 atom stereocenters. The predicted molar refractivity (Wildman–Crippen MR) is 134 cm³/mol. The zero-order chi connectivity index (χ0) is 23.8. The number of pyridine rings is 3. The van der Waals surface area contributed by atoms with Crippen molar-refractivity contribution in [1.29, 1.82) is 0 Å². The Hall–Kier alpha value is -3.76. The molecule has 5 aromatic rings. The monoisotopic (exact) mass is 486 g/mol. The van der Waals surface area contributed by atoms with Gasteiger partial charge in [-0.2, -0.15) is 4.98 Å². The summed E-state index contributed by atoms with van der Waals surface area (Å²) in [6.45, 7) is 1.22. The molecule has 1 N–H and O–H groups in total. The Kier molecular flexibility index (Phi) is 5.67. The van der Waals surface area contributed by atoms with Crippen LogP contribution in [0.5, 0.6) is 0 Å². The quantitative estimate of drug-likeness (QED) is 0.290. The molecule has 1 aliphatic rings. The molecular weight excluding hydrogens is 464 g/mol. The Morgan fingerprint density at radius 3 is 2.60 bits per heavy atom. The van der Waals surface area contributed by atoms with E-state index in [0.717, 1.165) is 30.8 Å². The molecule has 1 aliphatic heterocycles. The summed E-state index contributed by atoms with van der Waals surface area (Å²) < 4.78 is 8.71. The highest BCUT2D eigenvalue weighted by molar-refractivity contribution is 7.98. The number of hydrogen-bond acceptors (Lipinski definition) is 7. The molecule has 1 saturated heterocycles. The third kappa shape index (κ3) is 4.26. The number of H-pyrrole nitrogens is 1. The third-order valence-electron chi connectivity index (χ3n) is 6.13. The molecular formula is C25H22N6O3S. The lowest BCUT2D eigenvalue weighted by molar-refractivity contribution is 0.0963. The first-order valence-electron chi connectivity index (χ1n) is 11.4. The second kappa shape index (κ2) is 9.12. The second-order valence-electron chi connectivity index (χ2n) is 8.47. The molecule has 5 heterocycles. The van der Waals surface area contributed by atoms with Gasteiger partial charge in [-0.1, -0.05) is 42.1 Å². The van der Waals surface area contributed by atoms with Crippen LogP contribution in [0.3, 0.4) is 0 Å². The summed E-state index contributed by atoms with van der Waals surface area (Å²) in [5, 5.41) is 8.38. The van der Waals surface area contributed by atoms with Gasteiger partial charge in [0, 0.05) is 24.8 Å². The first kappa shape index (κ1) is 21.8. The van der Waals surface area contributed by atoms with E-state index in [1.807, 2.05) is 36.4 Å². The van der Waals surface area contributed by atoms with Crippen molar-refractivity contribution < 1.29 is 4.74 Å². The molecule has 0 bridgehead atoms. The Labute approximate surface area is 203 Å². The third-order valence-corrected chi connectivity index (χ3v) is 7.05. The minimum absolute atomic E-state index is 0.0382. The maximum atomic E-state index is 13.3. The van der Waals surface area contributed by atoms with Gasteiger partial charge >= 0.3 is 0 Å². The molecule has 176 valence electrons. The minimum Gasteiger partial charge on any atom is -0.376 e. The van der Waals surface area contributed by atoms with Crippen molar-refractivity contribution in [2.45, 2.75) is 36.4 Å². The van der Waals surface area contributed by atoms with Crippen LogP contribution in [0.1, 0.15) is 18.4 Å². The fraction of sp³-hybridized carbons (Fsp3) is 0.240. The van der Waals surface area contributed by atoms with E-state index in [1.165, 1.54) is 16.3 Å². The normalized spacial score (nSPS) is 15.8. The average Bonchev–Trinajstić information content (AvgIpc) is 3.57. The Bertz CT molecular complexity index is 1640. The number of hydrogen-bond donors (Lipinski definition) is 1. The van der Waals surface area contributed by atoms with Crippen LogP contribution in [-0.4, -0.2) is 42.0 Å². The van der Waals surface area contributed by atoms with Crippen LogP contribution in [0.2, 0.25) is 0 Å². The SMILES string of the molecule is O=c1c2cc3c(=O)n(-c4nc(SCc5ccccc5)n[nH]4)ccc3nc2ccn1C[C@@H]1CCCO1. The fourth-order valence-electron chi connectivity index (χ4n) is 4.32. The zero-order valence-electron chi connectivity index (χ0n) is 18.8. The van der Waals surface area contributed by atoms with Gasteiger partial charge in [-0.25, -0.2) is 10.1 Å². The summed E-state index contributed by atoms with van der Waals surface area (Å²) in [7, 11) is 0. The van der Waals surface area contributed by atoms with Crippen LogP contribution < -0.4 is 11.1 Å².